The second-order valence-corrected chi connectivity index (χ2v) is 6.71. The molecule has 0 aromatic heterocycles. The second-order valence-electron chi connectivity index (χ2n) is 6.71. The van der Waals surface area contributed by atoms with Gasteiger partial charge in [0.05, 0.1) is 18.4 Å². The molecule has 0 radical (unpaired) electrons. The fourth-order valence-electron chi connectivity index (χ4n) is 3.10. The zero-order chi connectivity index (χ0) is 21.7. The number of allylic oxidation sites excluding steroid dienone is 1. The lowest BCUT2D eigenvalue weighted by molar-refractivity contribution is -0.111. The Bertz CT molecular complexity index is 1160. The Morgan fingerprint density at radius 1 is 0.900 bits per heavy atom. The predicted octanol–water partition coefficient (Wildman–Crippen LogP) is 4.03. The van der Waals surface area contributed by atoms with Crippen molar-refractivity contribution >= 4 is 39.8 Å². The number of benzene rings is 3. The summed E-state index contributed by atoms with van der Waals surface area (Å²) in [5.74, 6) is -1.35. The molecule has 0 atom stereocenters. The van der Waals surface area contributed by atoms with E-state index in [0.29, 0.717) is 5.56 Å². The topological polar surface area (TPSA) is 84.5 Å². The Kier molecular flexibility index (Phi) is 6.27. The third-order valence-corrected chi connectivity index (χ3v) is 4.72. The highest BCUT2D eigenvalue weighted by atomic mass is 16.5. The van der Waals surface area contributed by atoms with Gasteiger partial charge in [-0.1, -0.05) is 36.4 Å². The zero-order valence-electron chi connectivity index (χ0n) is 17.0. The number of hydrogen-bond donors (Lipinski definition) is 2. The number of esters is 1. The molecular formula is C24H22N2O4. The first-order valence-corrected chi connectivity index (χ1v) is 9.36. The summed E-state index contributed by atoms with van der Waals surface area (Å²) in [4.78, 5) is 36.6. The average Bonchev–Trinajstić information content (AvgIpc) is 2.77. The van der Waals surface area contributed by atoms with E-state index >= 15 is 0 Å². The SMILES string of the molecule is CNC(=O)c1ccc(C(=O)OC)c(NC(=O)C=C(C)c2ccc3ccccc3c2)c1. The van der Waals surface area contributed by atoms with Gasteiger partial charge in [0.15, 0.2) is 0 Å². The minimum atomic E-state index is -0.607. The summed E-state index contributed by atoms with van der Waals surface area (Å²) < 4.78 is 4.77. The first-order valence-electron chi connectivity index (χ1n) is 9.36. The van der Waals surface area contributed by atoms with Gasteiger partial charge in [0, 0.05) is 18.7 Å². The molecule has 0 bridgehead atoms. The van der Waals surface area contributed by atoms with Crippen molar-refractivity contribution in [3.8, 4) is 0 Å². The minimum absolute atomic E-state index is 0.162. The van der Waals surface area contributed by atoms with Crippen LogP contribution in [0.25, 0.3) is 16.3 Å². The number of methoxy groups -OCH3 is 1. The first kappa shape index (κ1) is 20.8. The minimum Gasteiger partial charge on any atom is -0.465 e. The van der Waals surface area contributed by atoms with Crippen LogP contribution in [0.4, 0.5) is 5.69 Å². The van der Waals surface area contributed by atoms with Crippen molar-refractivity contribution in [1.82, 2.24) is 5.32 Å². The van der Waals surface area contributed by atoms with Gasteiger partial charge >= 0.3 is 5.97 Å². The standard InChI is InChI=1S/C24H22N2O4/c1-15(17-9-8-16-6-4-5-7-18(16)13-17)12-22(27)26-21-14-19(23(28)25-2)10-11-20(21)24(29)30-3/h4-14H,1-3H3,(H,25,28)(H,26,27). The van der Waals surface area contributed by atoms with Crippen molar-refractivity contribution in [3.05, 3.63) is 83.4 Å². The molecule has 0 aliphatic carbocycles. The molecule has 6 nitrogen and oxygen atoms in total. The summed E-state index contributed by atoms with van der Waals surface area (Å²) in [5.41, 5.74) is 2.36. The van der Waals surface area contributed by atoms with Gasteiger partial charge in [-0.05, 0) is 53.1 Å². The molecule has 2 N–H and O–H groups in total. The van der Waals surface area contributed by atoms with E-state index in [0.717, 1.165) is 21.9 Å². The lowest BCUT2D eigenvalue weighted by atomic mass is 10.0. The van der Waals surface area contributed by atoms with E-state index in [9.17, 15) is 14.4 Å². The number of rotatable bonds is 5. The van der Waals surface area contributed by atoms with Gasteiger partial charge < -0.3 is 15.4 Å². The molecule has 0 aliphatic rings. The molecule has 30 heavy (non-hydrogen) atoms. The van der Waals surface area contributed by atoms with Crippen molar-refractivity contribution in [2.24, 2.45) is 0 Å². The lowest BCUT2D eigenvalue weighted by Gasteiger charge is -2.11. The van der Waals surface area contributed by atoms with Crippen LogP contribution in [0.3, 0.4) is 0 Å². The smallest absolute Gasteiger partial charge is 0.339 e. The van der Waals surface area contributed by atoms with E-state index in [1.807, 2.05) is 49.4 Å². The first-order chi connectivity index (χ1) is 14.4. The Hall–Kier alpha value is -3.93. The normalized spacial score (nSPS) is 11.1. The van der Waals surface area contributed by atoms with Crippen molar-refractivity contribution in [2.45, 2.75) is 6.92 Å². The molecule has 0 fully saturated rings. The van der Waals surface area contributed by atoms with Gasteiger partial charge in [-0.25, -0.2) is 4.79 Å². The van der Waals surface area contributed by atoms with E-state index < -0.39 is 11.9 Å². The van der Waals surface area contributed by atoms with Crippen molar-refractivity contribution in [3.63, 3.8) is 0 Å². The average molecular weight is 402 g/mol. The summed E-state index contributed by atoms with van der Waals surface area (Å²) >= 11 is 0. The molecule has 0 aliphatic heterocycles. The van der Waals surface area contributed by atoms with E-state index in [1.165, 1.54) is 38.4 Å². The van der Waals surface area contributed by atoms with Crippen molar-refractivity contribution < 1.29 is 19.1 Å². The largest absolute Gasteiger partial charge is 0.465 e. The number of amides is 2. The van der Waals surface area contributed by atoms with Crippen molar-refractivity contribution in [1.29, 1.82) is 0 Å². The van der Waals surface area contributed by atoms with Crippen LogP contribution in [-0.4, -0.2) is 31.9 Å². The van der Waals surface area contributed by atoms with E-state index in [-0.39, 0.29) is 17.2 Å². The highest BCUT2D eigenvalue weighted by Crippen LogP contribution is 2.22. The van der Waals surface area contributed by atoms with Crippen LogP contribution in [0, 0.1) is 0 Å². The van der Waals surface area contributed by atoms with E-state index in [1.54, 1.807) is 0 Å². The molecule has 3 aromatic rings. The Balaban J connectivity index is 1.89. The molecule has 0 unspecified atom stereocenters. The number of carbonyl (C=O) groups excluding carboxylic acids is 3. The van der Waals surface area contributed by atoms with Crippen LogP contribution in [0.2, 0.25) is 0 Å². The van der Waals surface area contributed by atoms with Gasteiger partial charge in [-0.3, -0.25) is 9.59 Å². The Morgan fingerprint density at radius 3 is 2.30 bits per heavy atom. The number of fused-ring (bicyclic) bond motifs is 1. The molecule has 3 rings (SSSR count). The number of anilines is 1. The van der Waals surface area contributed by atoms with Crippen LogP contribution >= 0.6 is 0 Å². The molecule has 0 saturated carbocycles. The summed E-state index contributed by atoms with van der Waals surface area (Å²) in [5, 5.41) is 7.40. The van der Waals surface area contributed by atoms with Crippen LogP contribution < -0.4 is 10.6 Å². The molecule has 2 amide bonds. The Morgan fingerprint density at radius 2 is 1.60 bits per heavy atom. The van der Waals surface area contributed by atoms with E-state index in [2.05, 4.69) is 10.6 Å². The van der Waals surface area contributed by atoms with Gasteiger partial charge in [-0.2, -0.15) is 0 Å². The second kappa shape index (κ2) is 9.05. The maximum Gasteiger partial charge on any atom is 0.339 e. The maximum absolute atomic E-state index is 12.6. The Labute approximate surface area is 174 Å². The third-order valence-electron chi connectivity index (χ3n) is 4.72. The number of hydrogen-bond acceptors (Lipinski definition) is 4. The molecule has 6 heteroatoms. The summed E-state index contributed by atoms with van der Waals surface area (Å²) in [6.07, 6.45) is 1.46. The van der Waals surface area contributed by atoms with Crippen LogP contribution in [0.1, 0.15) is 33.2 Å². The number of carbonyl (C=O) groups is 3. The van der Waals surface area contributed by atoms with Crippen LogP contribution in [0.5, 0.6) is 0 Å². The maximum atomic E-state index is 12.6. The highest BCUT2D eigenvalue weighted by Gasteiger charge is 2.16. The van der Waals surface area contributed by atoms with Gasteiger partial charge in [0.25, 0.3) is 5.91 Å². The van der Waals surface area contributed by atoms with Crippen LogP contribution in [-0.2, 0) is 9.53 Å². The van der Waals surface area contributed by atoms with Crippen LogP contribution in [0.15, 0.2) is 66.7 Å². The summed E-state index contributed by atoms with van der Waals surface area (Å²) in [7, 11) is 2.76. The monoisotopic (exact) mass is 402 g/mol. The molecule has 3 aromatic carbocycles. The molecule has 0 heterocycles. The van der Waals surface area contributed by atoms with Gasteiger partial charge in [0.1, 0.15) is 0 Å². The quantitative estimate of drug-likeness (QED) is 0.499. The predicted molar refractivity (Wildman–Crippen MR) is 117 cm³/mol. The zero-order valence-corrected chi connectivity index (χ0v) is 17.0. The van der Waals surface area contributed by atoms with Gasteiger partial charge in [0.2, 0.25) is 5.91 Å². The number of nitrogens with one attached hydrogen (secondary N) is 2. The number of ether oxygens (including phenoxy) is 1. The lowest BCUT2D eigenvalue weighted by Crippen LogP contribution is -2.19. The molecule has 0 spiro atoms. The van der Waals surface area contributed by atoms with Crippen molar-refractivity contribution in [2.75, 3.05) is 19.5 Å². The molecular weight excluding hydrogens is 380 g/mol. The van der Waals surface area contributed by atoms with Gasteiger partial charge in [-0.15, -0.1) is 0 Å². The fraction of sp³-hybridized carbons (Fsp3) is 0.125. The summed E-state index contributed by atoms with van der Waals surface area (Å²) in [6, 6.07) is 18.3. The van der Waals surface area contributed by atoms with E-state index in [4.69, 9.17) is 4.74 Å². The fourth-order valence-corrected chi connectivity index (χ4v) is 3.10. The highest BCUT2D eigenvalue weighted by molar-refractivity contribution is 6.09. The molecule has 152 valence electrons. The third kappa shape index (κ3) is 4.55. The molecule has 0 saturated heterocycles. The summed E-state index contributed by atoms with van der Waals surface area (Å²) in [6.45, 7) is 1.84.